The van der Waals surface area contributed by atoms with Gasteiger partial charge in [-0.15, -0.1) is 5.10 Å². The van der Waals surface area contributed by atoms with Gasteiger partial charge in [-0.3, -0.25) is 4.79 Å². The average molecular weight is 290 g/mol. The Morgan fingerprint density at radius 3 is 2.76 bits per heavy atom. The van der Waals surface area contributed by atoms with Crippen LogP contribution in [0.15, 0.2) is 16.7 Å². The van der Waals surface area contributed by atoms with E-state index in [1.807, 2.05) is 40.9 Å². The number of aryl methyl sites for hydroxylation is 1. The lowest BCUT2D eigenvalue weighted by Crippen LogP contribution is -2.16. The van der Waals surface area contributed by atoms with E-state index in [1.54, 1.807) is 6.08 Å². The van der Waals surface area contributed by atoms with Crippen LogP contribution in [0, 0.1) is 6.92 Å². The summed E-state index contributed by atoms with van der Waals surface area (Å²) in [7, 11) is 4.05. The highest BCUT2D eigenvalue weighted by atomic mass is 16.5. The Hall–Kier alpha value is -2.08. The first-order valence-electron chi connectivity index (χ1n) is 6.96. The number of carbonyl (C=O) groups is 1. The zero-order valence-electron chi connectivity index (χ0n) is 13.2. The summed E-state index contributed by atoms with van der Waals surface area (Å²) in [5, 5.41) is 3.92. The molecule has 0 atom stereocenters. The van der Waals surface area contributed by atoms with E-state index in [-0.39, 0.29) is 12.0 Å². The van der Waals surface area contributed by atoms with Crippen molar-refractivity contribution in [1.82, 2.24) is 15.3 Å². The molecule has 0 saturated carbocycles. The standard InChI is InChI=1S/C15H22N4O2/c1-9(2)21-15-13(14(20)17-18-15)7-12-6-11(8-19(4)5)10(3)16-12/h6-7,9,16H,8H2,1-5H3,(H,17,20). The molecule has 2 heterocycles. The maximum absolute atomic E-state index is 11.8. The summed E-state index contributed by atoms with van der Waals surface area (Å²) in [6.07, 6.45) is 1.74. The zero-order chi connectivity index (χ0) is 15.6. The lowest BCUT2D eigenvalue weighted by atomic mass is 10.2. The van der Waals surface area contributed by atoms with Gasteiger partial charge in [-0.25, -0.2) is 5.43 Å². The first-order chi connectivity index (χ1) is 9.86. The summed E-state index contributed by atoms with van der Waals surface area (Å²) in [5.41, 5.74) is 6.05. The Morgan fingerprint density at radius 1 is 1.43 bits per heavy atom. The second-order valence-electron chi connectivity index (χ2n) is 5.70. The monoisotopic (exact) mass is 290 g/mol. The van der Waals surface area contributed by atoms with Crippen molar-refractivity contribution in [1.29, 1.82) is 0 Å². The van der Waals surface area contributed by atoms with E-state index >= 15 is 0 Å². The smallest absolute Gasteiger partial charge is 0.277 e. The number of hydrogen-bond donors (Lipinski definition) is 2. The van der Waals surface area contributed by atoms with Gasteiger partial charge in [0.05, 0.1) is 6.10 Å². The van der Waals surface area contributed by atoms with Crippen molar-refractivity contribution in [2.75, 3.05) is 14.1 Å². The average Bonchev–Trinajstić information content (AvgIpc) is 2.86. The van der Waals surface area contributed by atoms with Gasteiger partial charge in [-0.05, 0) is 52.6 Å². The quantitative estimate of drug-likeness (QED) is 0.828. The Morgan fingerprint density at radius 2 is 2.14 bits per heavy atom. The molecule has 2 N–H and O–H groups in total. The van der Waals surface area contributed by atoms with E-state index in [0.29, 0.717) is 11.5 Å². The maximum atomic E-state index is 11.8. The SMILES string of the molecule is Cc1[nH]c(C=C2C(=O)NN=C2OC(C)C)cc1CN(C)C. The number of amides is 1. The van der Waals surface area contributed by atoms with Crippen molar-refractivity contribution in [3.05, 3.63) is 28.6 Å². The van der Waals surface area contributed by atoms with Crippen LogP contribution in [0.4, 0.5) is 0 Å². The van der Waals surface area contributed by atoms with Crippen molar-refractivity contribution in [3.63, 3.8) is 0 Å². The number of hydrogen-bond acceptors (Lipinski definition) is 4. The number of H-pyrrole nitrogens is 1. The third kappa shape index (κ3) is 3.72. The first-order valence-corrected chi connectivity index (χ1v) is 6.96. The van der Waals surface area contributed by atoms with Gasteiger partial charge in [0.25, 0.3) is 5.91 Å². The van der Waals surface area contributed by atoms with Gasteiger partial charge in [0, 0.05) is 17.9 Å². The van der Waals surface area contributed by atoms with Crippen LogP contribution in [0.1, 0.15) is 30.8 Å². The molecule has 0 saturated heterocycles. The van der Waals surface area contributed by atoms with E-state index in [4.69, 9.17) is 4.74 Å². The van der Waals surface area contributed by atoms with Crippen molar-refractivity contribution in [2.24, 2.45) is 5.10 Å². The summed E-state index contributed by atoms with van der Waals surface area (Å²) < 4.78 is 5.54. The molecule has 0 bridgehead atoms. The molecule has 0 aliphatic carbocycles. The van der Waals surface area contributed by atoms with Gasteiger partial charge in [0.2, 0.25) is 5.90 Å². The van der Waals surface area contributed by atoms with Crippen LogP contribution in [-0.2, 0) is 16.1 Å². The third-order valence-corrected chi connectivity index (χ3v) is 3.01. The molecule has 1 amide bonds. The van der Waals surface area contributed by atoms with E-state index in [0.717, 1.165) is 17.9 Å². The molecule has 1 aliphatic rings. The fourth-order valence-corrected chi connectivity index (χ4v) is 2.13. The molecular weight excluding hydrogens is 268 g/mol. The molecule has 2 rings (SSSR count). The normalized spacial score (nSPS) is 16.8. The number of ether oxygens (including phenoxy) is 1. The number of nitrogens with one attached hydrogen (secondary N) is 2. The number of hydrazone groups is 1. The number of aromatic nitrogens is 1. The van der Waals surface area contributed by atoms with E-state index in [9.17, 15) is 4.79 Å². The fraction of sp³-hybridized carbons (Fsp3) is 0.467. The molecular formula is C15H22N4O2. The molecule has 6 heteroatoms. The maximum Gasteiger partial charge on any atom is 0.277 e. The topological polar surface area (TPSA) is 69.7 Å². The number of carbonyl (C=O) groups excluding carboxylic acids is 1. The van der Waals surface area contributed by atoms with E-state index < -0.39 is 0 Å². The minimum absolute atomic E-state index is 0.0328. The minimum Gasteiger partial charge on any atom is -0.473 e. The summed E-state index contributed by atoms with van der Waals surface area (Å²) in [6.45, 7) is 6.67. The van der Waals surface area contributed by atoms with Crippen LogP contribution in [0.5, 0.6) is 0 Å². The number of nitrogens with zero attached hydrogens (tertiary/aromatic N) is 2. The summed E-state index contributed by atoms with van der Waals surface area (Å²) in [4.78, 5) is 17.2. The lowest BCUT2D eigenvalue weighted by molar-refractivity contribution is -0.116. The lowest BCUT2D eigenvalue weighted by Gasteiger charge is -2.08. The predicted molar refractivity (Wildman–Crippen MR) is 82.7 cm³/mol. The largest absolute Gasteiger partial charge is 0.473 e. The highest BCUT2D eigenvalue weighted by molar-refractivity contribution is 6.24. The molecule has 0 aromatic carbocycles. The Kier molecular flexibility index (Phi) is 4.47. The summed E-state index contributed by atoms with van der Waals surface area (Å²) >= 11 is 0. The summed E-state index contributed by atoms with van der Waals surface area (Å²) in [5.74, 6) is 0.100. The van der Waals surface area contributed by atoms with Crippen LogP contribution < -0.4 is 5.43 Å². The predicted octanol–water partition coefficient (Wildman–Crippen LogP) is 1.64. The van der Waals surface area contributed by atoms with Crippen molar-refractivity contribution in [2.45, 2.75) is 33.4 Å². The van der Waals surface area contributed by atoms with Gasteiger partial charge < -0.3 is 14.6 Å². The molecule has 0 spiro atoms. The Bertz CT molecular complexity index is 597. The van der Waals surface area contributed by atoms with Crippen LogP contribution in [0.3, 0.4) is 0 Å². The van der Waals surface area contributed by atoms with Gasteiger partial charge >= 0.3 is 0 Å². The molecule has 21 heavy (non-hydrogen) atoms. The van der Waals surface area contributed by atoms with Crippen LogP contribution in [0.2, 0.25) is 0 Å². The molecule has 1 aromatic heterocycles. The van der Waals surface area contributed by atoms with Gasteiger partial charge in [0.1, 0.15) is 5.57 Å². The van der Waals surface area contributed by atoms with Gasteiger partial charge in [-0.2, -0.15) is 0 Å². The molecule has 0 radical (unpaired) electrons. The number of rotatable bonds is 4. The zero-order valence-corrected chi connectivity index (χ0v) is 13.2. The van der Waals surface area contributed by atoms with Crippen LogP contribution in [-0.4, -0.2) is 41.9 Å². The Balaban J connectivity index is 2.25. The molecule has 1 aliphatic heterocycles. The Labute approximate surface area is 124 Å². The highest BCUT2D eigenvalue weighted by Crippen LogP contribution is 2.17. The first kappa shape index (κ1) is 15.3. The molecule has 0 fully saturated rings. The van der Waals surface area contributed by atoms with Crippen LogP contribution >= 0.6 is 0 Å². The second kappa shape index (κ2) is 6.13. The van der Waals surface area contributed by atoms with Crippen molar-refractivity contribution < 1.29 is 9.53 Å². The summed E-state index contributed by atoms with van der Waals surface area (Å²) in [6, 6.07) is 2.04. The fourth-order valence-electron chi connectivity index (χ4n) is 2.13. The van der Waals surface area contributed by atoms with E-state index in [2.05, 4.69) is 20.4 Å². The molecule has 1 aromatic rings. The molecule has 6 nitrogen and oxygen atoms in total. The third-order valence-electron chi connectivity index (χ3n) is 3.01. The van der Waals surface area contributed by atoms with Gasteiger partial charge in [0.15, 0.2) is 0 Å². The highest BCUT2D eigenvalue weighted by Gasteiger charge is 2.25. The molecule has 0 unspecified atom stereocenters. The van der Waals surface area contributed by atoms with Crippen LogP contribution in [0.25, 0.3) is 6.08 Å². The second-order valence-corrected chi connectivity index (χ2v) is 5.70. The van der Waals surface area contributed by atoms with Crippen molar-refractivity contribution in [3.8, 4) is 0 Å². The van der Waals surface area contributed by atoms with Gasteiger partial charge in [-0.1, -0.05) is 0 Å². The minimum atomic E-state index is -0.243. The van der Waals surface area contributed by atoms with E-state index in [1.165, 1.54) is 5.56 Å². The van der Waals surface area contributed by atoms with Crippen molar-refractivity contribution >= 4 is 17.9 Å². The molecule has 114 valence electrons. The number of aromatic amines is 1.